The van der Waals surface area contributed by atoms with E-state index in [1.54, 1.807) is 0 Å². The molecule has 15 heavy (non-hydrogen) atoms. The van der Waals surface area contributed by atoms with Crippen LogP contribution >= 0.6 is 0 Å². The van der Waals surface area contributed by atoms with Gasteiger partial charge in [0.2, 0.25) is 0 Å². The first-order chi connectivity index (χ1) is 7.13. The number of methoxy groups -OCH3 is 1. The molecule has 0 heterocycles. The Balaban J connectivity index is 1.84. The Hall–Kier alpha value is -0.0400. The summed E-state index contributed by atoms with van der Waals surface area (Å²) in [7, 11) is 1.89. The van der Waals surface area contributed by atoms with Crippen LogP contribution in [0.3, 0.4) is 0 Å². The maximum Gasteiger partial charge on any atom is 0.0574 e. The molecular weight excluding hydrogens is 184 g/mol. The second-order valence-corrected chi connectivity index (χ2v) is 6.57. The first kappa shape index (κ1) is 10.1. The Morgan fingerprint density at radius 1 is 1.13 bits per heavy atom. The monoisotopic (exact) mass is 208 g/mol. The lowest BCUT2D eigenvalue weighted by Gasteiger charge is -2.41. The second-order valence-electron chi connectivity index (χ2n) is 6.57. The first-order valence-corrected chi connectivity index (χ1v) is 6.65. The molecule has 4 atom stereocenters. The quantitative estimate of drug-likeness (QED) is 0.639. The van der Waals surface area contributed by atoms with Crippen molar-refractivity contribution in [1.29, 1.82) is 0 Å². The minimum atomic E-state index is 0.566. The van der Waals surface area contributed by atoms with E-state index in [4.69, 9.17) is 4.74 Å². The van der Waals surface area contributed by atoms with Crippen molar-refractivity contribution in [3.63, 3.8) is 0 Å². The van der Waals surface area contributed by atoms with Crippen LogP contribution in [0.4, 0.5) is 0 Å². The Morgan fingerprint density at radius 3 is 2.67 bits per heavy atom. The normalized spacial score (nSPS) is 51.8. The van der Waals surface area contributed by atoms with Crippen molar-refractivity contribution in [2.75, 3.05) is 7.11 Å². The van der Waals surface area contributed by atoms with Crippen molar-refractivity contribution in [2.24, 2.45) is 22.7 Å². The van der Waals surface area contributed by atoms with Gasteiger partial charge in [-0.05, 0) is 54.8 Å². The van der Waals surface area contributed by atoms with E-state index in [1.165, 1.54) is 38.5 Å². The summed E-state index contributed by atoms with van der Waals surface area (Å²) in [4.78, 5) is 0. The standard InChI is InChI=1S/C14H24O/c1-13(2)12-6-4-5-10-9-11(15-3)7-8-14(10,12)13/h10-12H,4-9H2,1-3H3. The van der Waals surface area contributed by atoms with Crippen LogP contribution < -0.4 is 0 Å². The van der Waals surface area contributed by atoms with Crippen molar-refractivity contribution in [3.8, 4) is 0 Å². The van der Waals surface area contributed by atoms with Crippen LogP contribution in [0.5, 0.6) is 0 Å². The SMILES string of the molecule is COC1CCC23C(CCCC2C3(C)C)C1. The van der Waals surface area contributed by atoms with Gasteiger partial charge in [-0.3, -0.25) is 0 Å². The van der Waals surface area contributed by atoms with Crippen LogP contribution in [0.2, 0.25) is 0 Å². The third kappa shape index (κ3) is 1.08. The topological polar surface area (TPSA) is 9.23 Å². The lowest BCUT2D eigenvalue weighted by atomic mass is 9.67. The Morgan fingerprint density at radius 2 is 1.93 bits per heavy atom. The molecule has 3 saturated carbocycles. The van der Waals surface area contributed by atoms with Gasteiger partial charge in [0.1, 0.15) is 0 Å². The fourth-order valence-electron chi connectivity index (χ4n) is 5.33. The number of hydrogen-bond donors (Lipinski definition) is 0. The minimum Gasteiger partial charge on any atom is -0.381 e. The van der Waals surface area contributed by atoms with E-state index in [0.29, 0.717) is 11.5 Å². The van der Waals surface area contributed by atoms with E-state index in [9.17, 15) is 0 Å². The predicted octanol–water partition coefficient (Wildman–Crippen LogP) is 3.63. The third-order valence-electron chi connectivity index (χ3n) is 6.14. The summed E-state index contributed by atoms with van der Waals surface area (Å²) in [5.41, 5.74) is 1.38. The van der Waals surface area contributed by atoms with Gasteiger partial charge >= 0.3 is 0 Å². The van der Waals surface area contributed by atoms with Gasteiger partial charge < -0.3 is 4.74 Å². The highest BCUT2D eigenvalue weighted by molar-refractivity contribution is 5.22. The molecule has 0 aromatic rings. The molecule has 86 valence electrons. The molecule has 3 aliphatic rings. The maximum absolute atomic E-state index is 5.57. The highest BCUT2D eigenvalue weighted by Gasteiger charge is 2.74. The molecule has 3 fully saturated rings. The zero-order chi connectivity index (χ0) is 10.7. The van der Waals surface area contributed by atoms with Gasteiger partial charge in [0.15, 0.2) is 0 Å². The molecule has 0 aromatic carbocycles. The summed E-state index contributed by atoms with van der Waals surface area (Å²) < 4.78 is 5.57. The smallest absolute Gasteiger partial charge is 0.0574 e. The van der Waals surface area contributed by atoms with Crippen LogP contribution in [0.25, 0.3) is 0 Å². The van der Waals surface area contributed by atoms with E-state index in [2.05, 4.69) is 13.8 Å². The number of hydrogen-bond acceptors (Lipinski definition) is 1. The molecule has 1 heteroatoms. The largest absolute Gasteiger partial charge is 0.381 e. The van der Waals surface area contributed by atoms with Gasteiger partial charge in [0.25, 0.3) is 0 Å². The van der Waals surface area contributed by atoms with Gasteiger partial charge in [-0.25, -0.2) is 0 Å². The molecule has 0 radical (unpaired) electrons. The van der Waals surface area contributed by atoms with Crippen LogP contribution in [0.1, 0.15) is 52.4 Å². The van der Waals surface area contributed by atoms with Crippen molar-refractivity contribution in [2.45, 2.75) is 58.5 Å². The van der Waals surface area contributed by atoms with Crippen molar-refractivity contribution >= 4 is 0 Å². The van der Waals surface area contributed by atoms with Gasteiger partial charge in [-0.2, -0.15) is 0 Å². The Bertz CT molecular complexity index is 271. The van der Waals surface area contributed by atoms with Crippen LogP contribution in [-0.2, 0) is 4.74 Å². The van der Waals surface area contributed by atoms with Crippen molar-refractivity contribution in [1.82, 2.24) is 0 Å². The summed E-state index contributed by atoms with van der Waals surface area (Å²) in [6.07, 6.45) is 9.10. The third-order valence-corrected chi connectivity index (χ3v) is 6.14. The highest BCUT2D eigenvalue weighted by atomic mass is 16.5. The molecule has 1 nitrogen and oxygen atoms in total. The zero-order valence-electron chi connectivity index (χ0n) is 10.4. The number of rotatable bonds is 1. The van der Waals surface area contributed by atoms with Gasteiger partial charge in [0, 0.05) is 7.11 Å². The molecule has 3 aliphatic carbocycles. The Labute approximate surface area is 93.6 Å². The lowest BCUT2D eigenvalue weighted by molar-refractivity contribution is -0.00172. The van der Waals surface area contributed by atoms with E-state index >= 15 is 0 Å². The predicted molar refractivity (Wildman–Crippen MR) is 61.7 cm³/mol. The van der Waals surface area contributed by atoms with Crippen molar-refractivity contribution < 1.29 is 4.74 Å². The zero-order valence-corrected chi connectivity index (χ0v) is 10.4. The average Bonchev–Trinajstić information content (AvgIpc) is 2.74. The fraction of sp³-hybridized carbons (Fsp3) is 1.00. The highest BCUT2D eigenvalue weighted by Crippen LogP contribution is 2.80. The van der Waals surface area contributed by atoms with Crippen LogP contribution in [0.15, 0.2) is 0 Å². The number of ether oxygens (including phenoxy) is 1. The van der Waals surface area contributed by atoms with Gasteiger partial charge in [-0.15, -0.1) is 0 Å². The van der Waals surface area contributed by atoms with Crippen LogP contribution in [0, 0.1) is 22.7 Å². The summed E-state index contributed by atoms with van der Waals surface area (Å²) in [6.45, 7) is 5.03. The molecule has 0 N–H and O–H groups in total. The molecule has 0 bridgehead atoms. The molecular formula is C14H24O. The lowest BCUT2D eigenvalue weighted by Crippen LogP contribution is -2.35. The second kappa shape index (κ2) is 3.00. The van der Waals surface area contributed by atoms with Gasteiger partial charge in [0.05, 0.1) is 6.10 Å². The molecule has 0 saturated heterocycles. The summed E-state index contributed by atoms with van der Waals surface area (Å²) >= 11 is 0. The molecule has 0 aromatic heterocycles. The summed E-state index contributed by atoms with van der Waals surface area (Å²) in [5, 5.41) is 0. The minimum absolute atomic E-state index is 0.566. The molecule has 0 amide bonds. The average molecular weight is 208 g/mol. The summed E-state index contributed by atoms with van der Waals surface area (Å²) in [5.74, 6) is 2.02. The Kier molecular flexibility index (Phi) is 2.03. The molecule has 0 aliphatic heterocycles. The van der Waals surface area contributed by atoms with Gasteiger partial charge in [-0.1, -0.05) is 20.3 Å². The van der Waals surface area contributed by atoms with E-state index in [0.717, 1.165) is 17.3 Å². The van der Waals surface area contributed by atoms with E-state index < -0.39 is 0 Å². The van der Waals surface area contributed by atoms with Crippen molar-refractivity contribution in [3.05, 3.63) is 0 Å². The molecule has 3 rings (SSSR count). The van der Waals surface area contributed by atoms with E-state index in [-0.39, 0.29) is 0 Å². The summed E-state index contributed by atoms with van der Waals surface area (Å²) in [6, 6.07) is 0. The first-order valence-electron chi connectivity index (χ1n) is 6.65. The van der Waals surface area contributed by atoms with Crippen LogP contribution in [-0.4, -0.2) is 13.2 Å². The maximum atomic E-state index is 5.57. The van der Waals surface area contributed by atoms with E-state index in [1.807, 2.05) is 7.11 Å². The fourth-order valence-corrected chi connectivity index (χ4v) is 5.33. The molecule has 1 spiro atoms. The molecule has 4 unspecified atom stereocenters.